The molecule has 0 saturated heterocycles. The molecule has 140 valence electrons. The van der Waals surface area contributed by atoms with Crippen molar-refractivity contribution in [1.82, 2.24) is 0 Å². The maximum atomic E-state index is 9.10. The molecule has 1 atom stereocenters. The molecule has 0 amide bonds. The summed E-state index contributed by atoms with van der Waals surface area (Å²) in [7, 11) is 0. The van der Waals surface area contributed by atoms with Crippen LogP contribution in [0.2, 0.25) is 0 Å². The second-order valence-corrected chi connectivity index (χ2v) is 6.58. The molecule has 3 N–H and O–H groups in total. The van der Waals surface area contributed by atoms with Crippen molar-refractivity contribution in [2.24, 2.45) is 0 Å². The lowest BCUT2D eigenvalue weighted by atomic mass is 10.0. The van der Waals surface area contributed by atoms with Crippen LogP contribution in [0, 0.1) is 0 Å². The van der Waals surface area contributed by atoms with Crippen LogP contribution >= 0.6 is 0 Å². The molecule has 0 heterocycles. The van der Waals surface area contributed by atoms with Gasteiger partial charge in [0.1, 0.15) is 6.10 Å². The van der Waals surface area contributed by atoms with Crippen molar-refractivity contribution < 1.29 is 20.1 Å². The van der Waals surface area contributed by atoms with E-state index < -0.39 is 6.10 Å². The Labute approximate surface area is 143 Å². The fraction of sp³-hybridized carbons (Fsp3) is 1.00. The van der Waals surface area contributed by atoms with E-state index in [1.165, 1.54) is 77.0 Å². The van der Waals surface area contributed by atoms with Gasteiger partial charge in [-0.15, -0.1) is 0 Å². The smallest absolute Gasteiger partial charge is 0.100 e. The van der Waals surface area contributed by atoms with Gasteiger partial charge in [0.25, 0.3) is 0 Å². The van der Waals surface area contributed by atoms with Crippen molar-refractivity contribution in [2.75, 3.05) is 26.4 Å². The molecular formula is C19H40O4. The van der Waals surface area contributed by atoms with Crippen LogP contribution in [0.5, 0.6) is 0 Å². The molecule has 0 aromatic rings. The second-order valence-electron chi connectivity index (χ2n) is 6.58. The average molecular weight is 333 g/mol. The zero-order chi connectivity index (χ0) is 17.0. The highest BCUT2D eigenvalue weighted by atomic mass is 16.5. The van der Waals surface area contributed by atoms with E-state index >= 15 is 0 Å². The van der Waals surface area contributed by atoms with Gasteiger partial charge >= 0.3 is 0 Å². The SMILES string of the molecule is OCCCCCCCCCCCCCCCCOCC(O)CO. The molecule has 0 aliphatic carbocycles. The van der Waals surface area contributed by atoms with E-state index in [0.717, 1.165) is 12.8 Å². The molecule has 0 aliphatic heterocycles. The lowest BCUT2D eigenvalue weighted by Crippen LogP contribution is -2.19. The number of ether oxygens (including phenoxy) is 1. The fourth-order valence-electron chi connectivity index (χ4n) is 2.71. The van der Waals surface area contributed by atoms with E-state index in [4.69, 9.17) is 20.1 Å². The average Bonchev–Trinajstić information content (AvgIpc) is 2.57. The zero-order valence-electron chi connectivity index (χ0n) is 15.1. The summed E-state index contributed by atoms with van der Waals surface area (Å²) in [6.07, 6.45) is 17.1. The number of aliphatic hydroxyl groups is 3. The summed E-state index contributed by atoms with van der Waals surface area (Å²) in [5, 5.41) is 26.4. The highest BCUT2D eigenvalue weighted by Gasteiger charge is 2.00. The first kappa shape index (κ1) is 22.8. The number of hydrogen-bond acceptors (Lipinski definition) is 4. The lowest BCUT2D eigenvalue weighted by molar-refractivity contribution is 0.00526. The number of hydrogen-bond donors (Lipinski definition) is 3. The van der Waals surface area contributed by atoms with Gasteiger partial charge in [0.05, 0.1) is 13.2 Å². The van der Waals surface area contributed by atoms with Crippen molar-refractivity contribution in [1.29, 1.82) is 0 Å². The van der Waals surface area contributed by atoms with Crippen LogP contribution < -0.4 is 0 Å². The van der Waals surface area contributed by atoms with Crippen LogP contribution in [0.25, 0.3) is 0 Å². The number of aliphatic hydroxyl groups excluding tert-OH is 3. The molecule has 0 saturated carbocycles. The third-order valence-electron chi connectivity index (χ3n) is 4.22. The molecular weight excluding hydrogens is 292 g/mol. The minimum atomic E-state index is -0.726. The monoisotopic (exact) mass is 332 g/mol. The lowest BCUT2D eigenvalue weighted by Gasteiger charge is -2.08. The molecule has 0 spiro atoms. The molecule has 0 fully saturated rings. The maximum Gasteiger partial charge on any atom is 0.100 e. The number of unbranched alkanes of at least 4 members (excludes halogenated alkanes) is 13. The Morgan fingerprint density at radius 3 is 1.35 bits per heavy atom. The Balaban J connectivity index is 2.97. The van der Waals surface area contributed by atoms with Gasteiger partial charge in [0, 0.05) is 13.2 Å². The van der Waals surface area contributed by atoms with Gasteiger partial charge in [-0.3, -0.25) is 0 Å². The number of rotatable bonds is 19. The van der Waals surface area contributed by atoms with Crippen molar-refractivity contribution in [3.05, 3.63) is 0 Å². The van der Waals surface area contributed by atoms with Crippen LogP contribution in [0.3, 0.4) is 0 Å². The molecule has 4 nitrogen and oxygen atoms in total. The Morgan fingerprint density at radius 1 is 0.565 bits per heavy atom. The highest BCUT2D eigenvalue weighted by molar-refractivity contribution is 4.51. The van der Waals surface area contributed by atoms with Crippen LogP contribution in [0.15, 0.2) is 0 Å². The summed E-state index contributed by atoms with van der Waals surface area (Å²) < 4.78 is 5.28. The molecule has 0 aliphatic rings. The summed E-state index contributed by atoms with van der Waals surface area (Å²) in [4.78, 5) is 0. The normalized spacial score (nSPS) is 12.7. The van der Waals surface area contributed by atoms with E-state index in [9.17, 15) is 0 Å². The van der Waals surface area contributed by atoms with Gasteiger partial charge in [-0.1, -0.05) is 77.0 Å². The van der Waals surface area contributed by atoms with Crippen molar-refractivity contribution in [3.63, 3.8) is 0 Å². The Bertz CT molecular complexity index is 212. The molecule has 23 heavy (non-hydrogen) atoms. The molecule has 0 aromatic carbocycles. The molecule has 0 rings (SSSR count). The largest absolute Gasteiger partial charge is 0.396 e. The van der Waals surface area contributed by atoms with Crippen molar-refractivity contribution in [3.8, 4) is 0 Å². The molecule has 0 aromatic heterocycles. The van der Waals surface area contributed by atoms with Gasteiger partial charge < -0.3 is 20.1 Å². The van der Waals surface area contributed by atoms with Crippen molar-refractivity contribution >= 4 is 0 Å². The van der Waals surface area contributed by atoms with Gasteiger partial charge in [0.2, 0.25) is 0 Å². The van der Waals surface area contributed by atoms with Gasteiger partial charge in [0.15, 0.2) is 0 Å². The van der Waals surface area contributed by atoms with E-state index in [-0.39, 0.29) is 13.2 Å². The van der Waals surface area contributed by atoms with Gasteiger partial charge in [-0.2, -0.15) is 0 Å². The summed E-state index contributed by atoms with van der Waals surface area (Å²) in [6.45, 7) is 1.07. The predicted octanol–water partition coefficient (Wildman–Crippen LogP) is 3.81. The van der Waals surface area contributed by atoms with Crippen LogP contribution in [-0.4, -0.2) is 47.9 Å². The Kier molecular flexibility index (Phi) is 19.7. The van der Waals surface area contributed by atoms with Crippen LogP contribution in [0.4, 0.5) is 0 Å². The van der Waals surface area contributed by atoms with Crippen LogP contribution in [0.1, 0.15) is 89.9 Å². The first-order valence-corrected chi connectivity index (χ1v) is 9.78. The first-order chi connectivity index (χ1) is 11.3. The molecule has 4 heteroatoms. The van der Waals surface area contributed by atoms with Crippen molar-refractivity contribution in [2.45, 2.75) is 96.0 Å². The van der Waals surface area contributed by atoms with E-state index in [2.05, 4.69) is 0 Å². The third kappa shape index (κ3) is 19.8. The second kappa shape index (κ2) is 19.9. The van der Waals surface area contributed by atoms with E-state index in [0.29, 0.717) is 13.2 Å². The summed E-state index contributed by atoms with van der Waals surface area (Å²) in [5.74, 6) is 0. The topological polar surface area (TPSA) is 69.9 Å². The molecule has 0 radical (unpaired) electrons. The standard InChI is InChI=1S/C19H40O4/c20-15-13-11-9-7-5-3-1-2-4-6-8-10-12-14-16-23-18-19(22)17-21/h19-22H,1-18H2. The van der Waals surface area contributed by atoms with E-state index in [1.54, 1.807) is 0 Å². The summed E-state index contributed by atoms with van der Waals surface area (Å²) >= 11 is 0. The minimum Gasteiger partial charge on any atom is -0.396 e. The molecule has 0 bridgehead atoms. The first-order valence-electron chi connectivity index (χ1n) is 9.78. The van der Waals surface area contributed by atoms with Crippen LogP contribution in [-0.2, 0) is 4.74 Å². The Morgan fingerprint density at radius 2 is 0.957 bits per heavy atom. The summed E-state index contributed by atoms with van der Waals surface area (Å²) in [6, 6.07) is 0. The van der Waals surface area contributed by atoms with Gasteiger partial charge in [-0.05, 0) is 12.8 Å². The molecule has 1 unspecified atom stereocenters. The van der Waals surface area contributed by atoms with E-state index in [1.807, 2.05) is 0 Å². The predicted molar refractivity (Wildman–Crippen MR) is 95.6 cm³/mol. The maximum absolute atomic E-state index is 9.10. The van der Waals surface area contributed by atoms with Gasteiger partial charge in [-0.25, -0.2) is 0 Å². The Hall–Kier alpha value is -0.160. The summed E-state index contributed by atoms with van der Waals surface area (Å²) in [5.41, 5.74) is 0. The quantitative estimate of drug-likeness (QED) is 0.315. The zero-order valence-corrected chi connectivity index (χ0v) is 15.1. The minimum absolute atomic E-state index is 0.219. The highest BCUT2D eigenvalue weighted by Crippen LogP contribution is 2.12. The fourth-order valence-corrected chi connectivity index (χ4v) is 2.71. The third-order valence-corrected chi connectivity index (χ3v) is 4.22.